The number of carbonyl (C=O) groups excluding carboxylic acids is 1. The van der Waals surface area contributed by atoms with Gasteiger partial charge in [0.25, 0.3) is 5.91 Å². The van der Waals surface area contributed by atoms with E-state index in [4.69, 9.17) is 0 Å². The lowest BCUT2D eigenvalue weighted by molar-refractivity contribution is 0.101. The Morgan fingerprint density at radius 3 is 2.83 bits per heavy atom. The van der Waals surface area contributed by atoms with Crippen LogP contribution in [0.15, 0.2) is 24.4 Å². The van der Waals surface area contributed by atoms with Crippen LogP contribution in [0.2, 0.25) is 0 Å². The van der Waals surface area contributed by atoms with E-state index in [2.05, 4.69) is 15.4 Å². The molecule has 0 radical (unpaired) electrons. The molecule has 0 aliphatic carbocycles. The van der Waals surface area contributed by atoms with E-state index in [-0.39, 0.29) is 5.91 Å². The highest BCUT2D eigenvalue weighted by atomic mass is 19.1. The summed E-state index contributed by atoms with van der Waals surface area (Å²) in [6.45, 7) is 1.97. The van der Waals surface area contributed by atoms with Gasteiger partial charge in [-0.15, -0.1) is 0 Å². The molecule has 1 N–H and O–H groups in total. The third kappa shape index (κ3) is 2.53. The van der Waals surface area contributed by atoms with Crippen LogP contribution in [0.1, 0.15) is 23.1 Å². The maximum absolute atomic E-state index is 12.6. The molecular weight excluding hydrogens is 235 g/mol. The van der Waals surface area contributed by atoms with E-state index in [0.717, 1.165) is 12.1 Å². The van der Waals surface area contributed by atoms with Gasteiger partial charge in [0.1, 0.15) is 5.69 Å². The van der Waals surface area contributed by atoms with Gasteiger partial charge < -0.3 is 5.32 Å². The Kier molecular flexibility index (Phi) is 3.36. The minimum Gasteiger partial charge on any atom is -0.319 e. The van der Waals surface area contributed by atoms with Gasteiger partial charge in [-0.2, -0.15) is 9.49 Å². The first kappa shape index (κ1) is 12.2. The fraction of sp³-hybridized carbons (Fsp3) is 0.250. The Hall–Kier alpha value is -2.24. The number of rotatable bonds is 3. The first-order valence-electron chi connectivity index (χ1n) is 5.56. The van der Waals surface area contributed by atoms with E-state index in [0.29, 0.717) is 11.4 Å². The Labute approximate surface area is 104 Å². The van der Waals surface area contributed by atoms with E-state index in [1.165, 1.54) is 23.0 Å². The van der Waals surface area contributed by atoms with Crippen molar-refractivity contribution >= 4 is 11.6 Å². The highest BCUT2D eigenvalue weighted by Crippen LogP contribution is 2.09. The summed E-state index contributed by atoms with van der Waals surface area (Å²) < 4.78 is 14.1. The van der Waals surface area contributed by atoms with Crippen LogP contribution in [-0.2, 0) is 13.5 Å². The largest absolute Gasteiger partial charge is 0.319 e. The molecule has 0 atom stereocenters. The Bertz CT molecular complexity index is 562. The van der Waals surface area contributed by atoms with Crippen LogP contribution in [-0.4, -0.2) is 20.7 Å². The molecule has 5 nitrogen and oxygen atoms in total. The second-order valence-corrected chi connectivity index (χ2v) is 3.82. The van der Waals surface area contributed by atoms with Crippen molar-refractivity contribution in [1.82, 2.24) is 14.8 Å². The third-order valence-corrected chi connectivity index (χ3v) is 2.51. The number of hydrogen-bond donors (Lipinski definition) is 1. The SMILES string of the molecule is CCc1cc(C(=O)Nc2ccc(F)nc2)n(C)n1. The molecule has 0 fully saturated rings. The summed E-state index contributed by atoms with van der Waals surface area (Å²) in [5, 5.41) is 6.82. The molecule has 0 bridgehead atoms. The van der Waals surface area contributed by atoms with Crippen LogP contribution in [0.5, 0.6) is 0 Å². The lowest BCUT2D eigenvalue weighted by atomic mass is 10.3. The van der Waals surface area contributed by atoms with Gasteiger partial charge in [-0.05, 0) is 24.6 Å². The molecule has 0 spiro atoms. The molecule has 0 aromatic carbocycles. The van der Waals surface area contributed by atoms with Gasteiger partial charge in [0.15, 0.2) is 0 Å². The number of pyridine rings is 1. The van der Waals surface area contributed by atoms with Gasteiger partial charge in [-0.25, -0.2) is 4.98 Å². The van der Waals surface area contributed by atoms with Crippen molar-refractivity contribution < 1.29 is 9.18 Å². The maximum atomic E-state index is 12.6. The van der Waals surface area contributed by atoms with Crippen LogP contribution in [0.25, 0.3) is 0 Å². The number of halogens is 1. The maximum Gasteiger partial charge on any atom is 0.273 e. The molecular formula is C12H13FN4O. The number of nitrogens with one attached hydrogen (secondary N) is 1. The molecule has 0 saturated carbocycles. The molecule has 2 aromatic heterocycles. The van der Waals surface area contributed by atoms with Crippen molar-refractivity contribution in [3.05, 3.63) is 41.7 Å². The summed E-state index contributed by atoms with van der Waals surface area (Å²) in [6, 6.07) is 4.37. The third-order valence-electron chi connectivity index (χ3n) is 2.51. The molecule has 0 aliphatic heterocycles. The number of aromatic nitrogens is 3. The molecule has 6 heteroatoms. The normalized spacial score (nSPS) is 10.4. The fourth-order valence-electron chi connectivity index (χ4n) is 1.56. The second kappa shape index (κ2) is 4.95. The standard InChI is InChI=1S/C12H13FN4O/c1-3-8-6-10(17(2)16-8)12(18)15-9-4-5-11(13)14-7-9/h4-7H,3H2,1-2H3,(H,15,18). The van der Waals surface area contributed by atoms with Gasteiger partial charge in [0.2, 0.25) is 5.95 Å². The second-order valence-electron chi connectivity index (χ2n) is 3.82. The van der Waals surface area contributed by atoms with Crippen molar-refractivity contribution in [2.75, 3.05) is 5.32 Å². The molecule has 2 rings (SSSR count). The monoisotopic (exact) mass is 248 g/mol. The first-order chi connectivity index (χ1) is 8.60. The zero-order valence-electron chi connectivity index (χ0n) is 10.1. The predicted octanol–water partition coefficient (Wildman–Crippen LogP) is 1.77. The van der Waals surface area contributed by atoms with E-state index in [9.17, 15) is 9.18 Å². The van der Waals surface area contributed by atoms with Crippen LogP contribution in [0.4, 0.5) is 10.1 Å². The quantitative estimate of drug-likeness (QED) is 0.842. The van der Waals surface area contributed by atoms with Crippen molar-refractivity contribution in [2.45, 2.75) is 13.3 Å². The first-order valence-corrected chi connectivity index (χ1v) is 5.56. The van der Waals surface area contributed by atoms with Crippen molar-refractivity contribution in [3.8, 4) is 0 Å². The average molecular weight is 248 g/mol. The van der Waals surface area contributed by atoms with Crippen molar-refractivity contribution in [3.63, 3.8) is 0 Å². The predicted molar refractivity (Wildman–Crippen MR) is 64.7 cm³/mol. The van der Waals surface area contributed by atoms with E-state index >= 15 is 0 Å². The Morgan fingerprint density at radius 1 is 1.50 bits per heavy atom. The number of hydrogen-bond acceptors (Lipinski definition) is 3. The summed E-state index contributed by atoms with van der Waals surface area (Å²) in [4.78, 5) is 15.4. The summed E-state index contributed by atoms with van der Waals surface area (Å²) in [7, 11) is 1.71. The minimum absolute atomic E-state index is 0.293. The van der Waals surface area contributed by atoms with Gasteiger partial charge in [-0.3, -0.25) is 9.48 Å². The summed E-state index contributed by atoms with van der Waals surface area (Å²) in [5.74, 6) is -0.875. The summed E-state index contributed by atoms with van der Waals surface area (Å²) in [6.07, 6.45) is 2.03. The molecule has 1 amide bonds. The van der Waals surface area contributed by atoms with Gasteiger partial charge in [0, 0.05) is 7.05 Å². The molecule has 2 heterocycles. The average Bonchev–Trinajstić information content (AvgIpc) is 2.73. The smallest absolute Gasteiger partial charge is 0.273 e. The highest BCUT2D eigenvalue weighted by molar-refractivity contribution is 6.03. The highest BCUT2D eigenvalue weighted by Gasteiger charge is 2.12. The van der Waals surface area contributed by atoms with Crippen LogP contribution >= 0.6 is 0 Å². The number of aryl methyl sites for hydroxylation is 2. The van der Waals surface area contributed by atoms with Crippen LogP contribution in [0, 0.1) is 5.95 Å². The van der Waals surface area contributed by atoms with Crippen LogP contribution < -0.4 is 5.32 Å². The zero-order valence-corrected chi connectivity index (χ0v) is 10.1. The van der Waals surface area contributed by atoms with Crippen LogP contribution in [0.3, 0.4) is 0 Å². The van der Waals surface area contributed by atoms with Crippen molar-refractivity contribution in [2.24, 2.45) is 7.05 Å². The number of carbonyl (C=O) groups is 1. The number of anilines is 1. The lowest BCUT2D eigenvalue weighted by Gasteiger charge is -2.04. The van der Waals surface area contributed by atoms with Gasteiger partial charge in [-0.1, -0.05) is 6.92 Å². The zero-order chi connectivity index (χ0) is 13.1. The molecule has 0 saturated heterocycles. The van der Waals surface area contributed by atoms with Crippen molar-refractivity contribution in [1.29, 1.82) is 0 Å². The number of nitrogens with zero attached hydrogens (tertiary/aromatic N) is 3. The topological polar surface area (TPSA) is 59.8 Å². The minimum atomic E-state index is -0.582. The molecule has 94 valence electrons. The van der Waals surface area contributed by atoms with E-state index in [1.54, 1.807) is 13.1 Å². The lowest BCUT2D eigenvalue weighted by Crippen LogP contribution is -2.16. The van der Waals surface area contributed by atoms with Gasteiger partial charge in [0.05, 0.1) is 17.6 Å². The Morgan fingerprint density at radius 2 is 2.28 bits per heavy atom. The number of amides is 1. The van der Waals surface area contributed by atoms with Gasteiger partial charge >= 0.3 is 0 Å². The molecule has 0 unspecified atom stereocenters. The van der Waals surface area contributed by atoms with E-state index < -0.39 is 5.95 Å². The Balaban J connectivity index is 2.16. The molecule has 2 aromatic rings. The molecule has 0 aliphatic rings. The fourth-order valence-corrected chi connectivity index (χ4v) is 1.56. The molecule has 18 heavy (non-hydrogen) atoms. The summed E-state index contributed by atoms with van der Waals surface area (Å²) >= 11 is 0. The summed E-state index contributed by atoms with van der Waals surface area (Å²) in [5.41, 5.74) is 1.75. The van der Waals surface area contributed by atoms with E-state index in [1.807, 2.05) is 6.92 Å².